The Labute approximate surface area is 264 Å². The third kappa shape index (κ3) is 8.35. The summed E-state index contributed by atoms with van der Waals surface area (Å²) >= 11 is 6.31. The average molecular weight is 646 g/mol. The van der Waals surface area contributed by atoms with Crippen molar-refractivity contribution in [2.75, 3.05) is 38.7 Å². The molecule has 0 spiro atoms. The minimum absolute atomic E-state index is 0.0582. The van der Waals surface area contributed by atoms with E-state index >= 15 is 0 Å². The number of hydrogen-bond acceptors (Lipinski definition) is 7. The third-order valence-corrected chi connectivity index (χ3v) is 9.27. The maximum absolute atomic E-state index is 14.3. The van der Waals surface area contributed by atoms with Crippen LogP contribution in [0.2, 0.25) is 5.02 Å². The van der Waals surface area contributed by atoms with E-state index in [9.17, 15) is 18.0 Å². The number of halogens is 1. The summed E-state index contributed by atoms with van der Waals surface area (Å²) in [6, 6.07) is 17.2. The van der Waals surface area contributed by atoms with Gasteiger partial charge in [0.25, 0.3) is 10.0 Å². The highest BCUT2D eigenvalue weighted by molar-refractivity contribution is 7.92. The fourth-order valence-corrected chi connectivity index (χ4v) is 6.11. The van der Waals surface area contributed by atoms with Crippen LogP contribution in [0.4, 0.5) is 5.69 Å². The number of anilines is 1. The van der Waals surface area contributed by atoms with Crippen molar-refractivity contribution in [3.05, 3.63) is 77.3 Å². The van der Waals surface area contributed by atoms with Gasteiger partial charge in [-0.3, -0.25) is 13.9 Å². The third-order valence-electron chi connectivity index (χ3n) is 7.28. The molecule has 3 aromatic carbocycles. The first kappa shape index (κ1) is 34.5. The van der Waals surface area contributed by atoms with E-state index in [0.29, 0.717) is 18.6 Å². The zero-order valence-electron chi connectivity index (χ0n) is 25.9. The molecule has 238 valence electrons. The summed E-state index contributed by atoms with van der Waals surface area (Å²) in [5.74, 6) is -0.209. The topological polar surface area (TPSA) is 114 Å². The number of nitrogens with zero attached hydrogens (tertiary/aromatic N) is 2. The van der Waals surface area contributed by atoms with E-state index in [1.165, 1.54) is 56.6 Å². The molecule has 2 amide bonds. The molecule has 12 heteroatoms. The van der Waals surface area contributed by atoms with Gasteiger partial charge in [-0.1, -0.05) is 48.9 Å². The molecule has 3 rings (SSSR count). The summed E-state index contributed by atoms with van der Waals surface area (Å²) in [6.45, 7) is 5.00. The molecule has 2 atom stereocenters. The summed E-state index contributed by atoms with van der Waals surface area (Å²) in [5.41, 5.74) is 1.02. The Hall–Kier alpha value is -3.96. The van der Waals surface area contributed by atoms with Crippen LogP contribution in [-0.4, -0.2) is 71.6 Å². The van der Waals surface area contributed by atoms with Gasteiger partial charge in [-0.2, -0.15) is 0 Å². The molecule has 0 aromatic heterocycles. The Morgan fingerprint density at radius 3 is 2.14 bits per heavy atom. The second-order valence-electron chi connectivity index (χ2n) is 10.2. The molecule has 44 heavy (non-hydrogen) atoms. The zero-order valence-corrected chi connectivity index (χ0v) is 27.4. The fraction of sp³-hybridized carbons (Fsp3) is 0.375. The summed E-state index contributed by atoms with van der Waals surface area (Å²) in [7, 11) is -0.187. The van der Waals surface area contributed by atoms with Crippen molar-refractivity contribution in [3.63, 3.8) is 0 Å². The number of carbonyl (C=O) groups is 2. The van der Waals surface area contributed by atoms with E-state index < -0.39 is 28.5 Å². The minimum Gasteiger partial charge on any atom is -0.495 e. The lowest BCUT2D eigenvalue weighted by molar-refractivity contribution is -0.139. The minimum atomic E-state index is -4.41. The second-order valence-corrected chi connectivity index (χ2v) is 12.5. The lowest BCUT2D eigenvalue weighted by atomic mass is 10.1. The predicted octanol–water partition coefficient (Wildman–Crippen LogP) is 4.94. The number of nitrogens with one attached hydrogen (secondary N) is 1. The maximum Gasteiger partial charge on any atom is 0.265 e. The molecule has 0 fully saturated rings. The lowest BCUT2D eigenvalue weighted by Crippen LogP contribution is -2.53. The van der Waals surface area contributed by atoms with Crippen LogP contribution in [0.25, 0.3) is 0 Å². The van der Waals surface area contributed by atoms with Gasteiger partial charge in [0.1, 0.15) is 18.3 Å². The highest BCUT2D eigenvalue weighted by Gasteiger charge is 2.34. The van der Waals surface area contributed by atoms with E-state index in [4.69, 9.17) is 25.8 Å². The first-order valence-electron chi connectivity index (χ1n) is 14.2. The number of methoxy groups -OCH3 is 3. The number of amides is 2. The Morgan fingerprint density at radius 1 is 0.886 bits per heavy atom. The van der Waals surface area contributed by atoms with Crippen LogP contribution >= 0.6 is 11.6 Å². The van der Waals surface area contributed by atoms with Gasteiger partial charge >= 0.3 is 0 Å². The Balaban J connectivity index is 2.10. The molecule has 0 unspecified atom stereocenters. The Morgan fingerprint density at radius 2 is 1.52 bits per heavy atom. The van der Waals surface area contributed by atoms with Crippen molar-refractivity contribution in [1.82, 2.24) is 10.2 Å². The predicted molar refractivity (Wildman–Crippen MR) is 171 cm³/mol. The molecule has 0 aliphatic carbocycles. The van der Waals surface area contributed by atoms with Crippen molar-refractivity contribution in [1.29, 1.82) is 0 Å². The quantitative estimate of drug-likeness (QED) is 0.249. The molecule has 0 heterocycles. The van der Waals surface area contributed by atoms with Crippen LogP contribution in [0.5, 0.6) is 17.2 Å². The number of ether oxygens (including phenoxy) is 3. The molecule has 0 aliphatic heterocycles. The van der Waals surface area contributed by atoms with Gasteiger partial charge < -0.3 is 24.4 Å². The molecular formula is C32H40ClN3O7S. The standard InChI is InChI=1S/C32H40ClN3O7S/c1-7-22(2)34-32(38)23(3)35(18-17-24-11-9-8-10-12-24)31(37)21-36(27-19-25(33)13-15-28(27)41-4)44(39,40)26-14-16-29(42-5)30(20-26)43-6/h8-16,19-20,22-23H,7,17-18,21H2,1-6H3,(H,34,38)/t22-,23-/m0/s1. The highest BCUT2D eigenvalue weighted by Crippen LogP contribution is 2.37. The molecule has 0 aliphatic rings. The van der Waals surface area contributed by atoms with E-state index in [2.05, 4.69) is 5.32 Å². The van der Waals surface area contributed by atoms with Gasteiger partial charge in [-0.05, 0) is 62.6 Å². The van der Waals surface area contributed by atoms with Gasteiger partial charge in [0.2, 0.25) is 11.8 Å². The van der Waals surface area contributed by atoms with Gasteiger partial charge in [0.05, 0.1) is 31.9 Å². The van der Waals surface area contributed by atoms with Gasteiger partial charge in [-0.25, -0.2) is 8.42 Å². The van der Waals surface area contributed by atoms with Gasteiger partial charge in [0, 0.05) is 23.7 Å². The Bertz CT molecular complexity index is 1540. The number of sulfonamides is 1. The number of benzene rings is 3. The highest BCUT2D eigenvalue weighted by atomic mass is 35.5. The van der Waals surface area contributed by atoms with E-state index in [1.54, 1.807) is 13.0 Å². The molecular weight excluding hydrogens is 606 g/mol. The SMILES string of the molecule is CC[C@H](C)NC(=O)[C@H](C)N(CCc1ccccc1)C(=O)CN(c1cc(Cl)ccc1OC)S(=O)(=O)c1ccc(OC)c(OC)c1. The summed E-state index contributed by atoms with van der Waals surface area (Å²) in [6.07, 6.45) is 1.17. The van der Waals surface area contributed by atoms with Crippen molar-refractivity contribution >= 4 is 39.1 Å². The number of hydrogen-bond donors (Lipinski definition) is 1. The van der Waals surface area contributed by atoms with Crippen LogP contribution in [0.3, 0.4) is 0 Å². The molecule has 0 saturated carbocycles. The van der Waals surface area contributed by atoms with Crippen molar-refractivity contribution in [3.8, 4) is 17.2 Å². The fourth-order valence-electron chi connectivity index (χ4n) is 4.51. The zero-order chi connectivity index (χ0) is 32.4. The second kappa shape index (κ2) is 15.7. The lowest BCUT2D eigenvalue weighted by Gasteiger charge is -2.33. The van der Waals surface area contributed by atoms with Gasteiger partial charge in [-0.15, -0.1) is 0 Å². The number of rotatable bonds is 15. The molecule has 3 aromatic rings. The molecule has 0 radical (unpaired) electrons. The first-order valence-corrected chi connectivity index (χ1v) is 16.0. The van der Waals surface area contributed by atoms with Crippen LogP contribution in [0, 0.1) is 0 Å². The first-order chi connectivity index (χ1) is 21.0. The molecule has 0 bridgehead atoms. The van der Waals surface area contributed by atoms with Crippen molar-refractivity contribution in [2.24, 2.45) is 0 Å². The van der Waals surface area contributed by atoms with E-state index in [0.717, 1.165) is 9.87 Å². The smallest absolute Gasteiger partial charge is 0.265 e. The monoisotopic (exact) mass is 645 g/mol. The van der Waals surface area contributed by atoms with Crippen LogP contribution in [-0.2, 0) is 26.0 Å². The van der Waals surface area contributed by atoms with E-state index in [1.807, 2.05) is 44.2 Å². The van der Waals surface area contributed by atoms with E-state index in [-0.39, 0.29) is 45.6 Å². The summed E-state index contributed by atoms with van der Waals surface area (Å²) in [4.78, 5) is 28.6. The largest absolute Gasteiger partial charge is 0.495 e. The number of carbonyl (C=O) groups excluding carboxylic acids is 2. The van der Waals surface area contributed by atoms with Gasteiger partial charge in [0.15, 0.2) is 11.5 Å². The summed E-state index contributed by atoms with van der Waals surface area (Å²) < 4.78 is 45.6. The average Bonchev–Trinajstić information content (AvgIpc) is 3.03. The van der Waals surface area contributed by atoms with Crippen molar-refractivity contribution in [2.45, 2.75) is 50.6 Å². The van der Waals surface area contributed by atoms with Crippen LogP contribution in [0.15, 0.2) is 71.6 Å². The molecule has 10 nitrogen and oxygen atoms in total. The normalized spacial score (nSPS) is 12.5. The molecule has 1 N–H and O–H groups in total. The Kier molecular flexibility index (Phi) is 12.3. The maximum atomic E-state index is 14.3. The van der Waals surface area contributed by atoms with Crippen molar-refractivity contribution < 1.29 is 32.2 Å². The molecule has 0 saturated heterocycles. The van der Waals surface area contributed by atoms with Crippen LogP contribution < -0.4 is 23.8 Å². The summed E-state index contributed by atoms with van der Waals surface area (Å²) in [5, 5.41) is 3.16. The van der Waals surface area contributed by atoms with Crippen LogP contribution in [0.1, 0.15) is 32.8 Å².